The Kier molecular flexibility index (Phi) is 8.38. The minimum absolute atomic E-state index is 0.00428. The Balaban J connectivity index is 1.73. The average Bonchev–Trinajstić information content (AvgIpc) is 3.40. The number of ether oxygens (including phenoxy) is 1. The van der Waals surface area contributed by atoms with Crippen molar-refractivity contribution in [3.63, 3.8) is 0 Å². The Morgan fingerprint density at radius 1 is 1.23 bits per heavy atom. The van der Waals surface area contributed by atoms with Gasteiger partial charge >= 0.3 is 5.97 Å². The molecule has 4 rings (SSSR count). The van der Waals surface area contributed by atoms with Gasteiger partial charge in [0, 0.05) is 55.8 Å². The first kappa shape index (κ1) is 28.9. The van der Waals surface area contributed by atoms with Crippen LogP contribution in [-0.4, -0.2) is 71.3 Å². The number of methoxy groups -OCH3 is 1. The van der Waals surface area contributed by atoms with Gasteiger partial charge < -0.3 is 14.5 Å². The number of pyridine rings is 1. The number of nitrogens with zero attached hydrogens (tertiary/aromatic N) is 5. The van der Waals surface area contributed by atoms with Crippen molar-refractivity contribution in [3.05, 3.63) is 57.0 Å². The zero-order valence-electron chi connectivity index (χ0n) is 23.6. The molecule has 1 aliphatic heterocycles. The van der Waals surface area contributed by atoms with E-state index in [4.69, 9.17) is 9.72 Å². The third-order valence-electron chi connectivity index (χ3n) is 6.70. The molecular formula is C28H34N6O5S. The van der Waals surface area contributed by atoms with Gasteiger partial charge in [-0.1, -0.05) is 20.8 Å². The Morgan fingerprint density at radius 2 is 1.98 bits per heavy atom. The number of nitrogens with one attached hydrogen (secondary N) is 1. The lowest BCUT2D eigenvalue weighted by Gasteiger charge is -2.34. The number of esters is 1. The fourth-order valence-corrected chi connectivity index (χ4v) is 5.40. The molecule has 3 aromatic rings. The summed E-state index contributed by atoms with van der Waals surface area (Å²) >= 11 is 1.35. The zero-order chi connectivity index (χ0) is 29.2. The molecule has 3 aromatic heterocycles. The highest BCUT2D eigenvalue weighted by Gasteiger charge is 2.29. The van der Waals surface area contributed by atoms with E-state index < -0.39 is 11.5 Å². The number of carbonyl (C=O) groups is 3. The number of carbonyl (C=O) groups excluding carboxylic acids is 3. The minimum Gasteiger partial charge on any atom is -0.466 e. The second-order valence-corrected chi connectivity index (χ2v) is 11.8. The number of hydrogen-bond acceptors (Lipinski definition) is 9. The molecule has 4 heterocycles. The van der Waals surface area contributed by atoms with Crippen LogP contribution in [0.5, 0.6) is 0 Å². The first-order valence-corrected chi connectivity index (χ1v) is 13.8. The highest BCUT2D eigenvalue weighted by Crippen LogP contribution is 2.28. The number of amides is 2. The third kappa shape index (κ3) is 6.22. The van der Waals surface area contributed by atoms with Gasteiger partial charge in [0.1, 0.15) is 11.5 Å². The monoisotopic (exact) mass is 566 g/mol. The lowest BCUT2D eigenvalue weighted by Crippen LogP contribution is -2.44. The van der Waals surface area contributed by atoms with Crippen LogP contribution in [0.25, 0.3) is 11.7 Å². The van der Waals surface area contributed by atoms with Crippen LogP contribution in [-0.2, 0) is 19.7 Å². The Hall–Kier alpha value is -4.06. The van der Waals surface area contributed by atoms with Gasteiger partial charge in [0.15, 0.2) is 5.13 Å². The molecule has 1 saturated heterocycles. The van der Waals surface area contributed by atoms with E-state index in [0.717, 1.165) is 18.5 Å². The number of thiazole rings is 1. The average molecular weight is 567 g/mol. The van der Waals surface area contributed by atoms with Crippen LogP contribution in [0.15, 0.2) is 34.6 Å². The van der Waals surface area contributed by atoms with Gasteiger partial charge in [0.05, 0.1) is 24.3 Å². The van der Waals surface area contributed by atoms with E-state index in [2.05, 4.69) is 10.3 Å². The summed E-state index contributed by atoms with van der Waals surface area (Å²) in [5.41, 5.74) is 1.08. The Labute approximate surface area is 236 Å². The van der Waals surface area contributed by atoms with Crippen LogP contribution < -0.4 is 15.8 Å². The molecule has 40 heavy (non-hydrogen) atoms. The minimum atomic E-state index is -0.612. The molecule has 0 aromatic carbocycles. The predicted octanol–water partition coefficient (Wildman–Crippen LogP) is 3.19. The van der Waals surface area contributed by atoms with Gasteiger partial charge in [-0.2, -0.15) is 0 Å². The van der Waals surface area contributed by atoms with Crippen LogP contribution in [0.1, 0.15) is 55.2 Å². The van der Waals surface area contributed by atoms with Crippen molar-refractivity contribution in [1.29, 1.82) is 0 Å². The fraction of sp³-hybridized carbons (Fsp3) is 0.429. The number of aromatic nitrogens is 3. The van der Waals surface area contributed by atoms with E-state index in [9.17, 15) is 19.2 Å². The largest absolute Gasteiger partial charge is 0.466 e. The summed E-state index contributed by atoms with van der Waals surface area (Å²) < 4.78 is 6.03. The van der Waals surface area contributed by atoms with E-state index >= 15 is 0 Å². The molecule has 1 N–H and O–H groups in total. The summed E-state index contributed by atoms with van der Waals surface area (Å²) in [6, 6.07) is 3.07. The lowest BCUT2D eigenvalue weighted by atomic mass is 9.93. The van der Waals surface area contributed by atoms with E-state index in [1.165, 1.54) is 47.3 Å². The van der Waals surface area contributed by atoms with Crippen molar-refractivity contribution in [3.8, 4) is 0 Å². The number of anilines is 2. The third-order valence-corrected chi connectivity index (χ3v) is 7.46. The maximum Gasteiger partial charge on any atom is 0.330 e. The van der Waals surface area contributed by atoms with Crippen molar-refractivity contribution >= 4 is 51.8 Å². The fourth-order valence-electron chi connectivity index (χ4n) is 4.47. The molecule has 1 unspecified atom stereocenters. The summed E-state index contributed by atoms with van der Waals surface area (Å²) in [7, 11) is 4.69. The zero-order valence-corrected chi connectivity index (χ0v) is 24.4. The van der Waals surface area contributed by atoms with Gasteiger partial charge in [0.25, 0.3) is 11.5 Å². The number of piperidine rings is 1. The molecule has 212 valence electrons. The molecule has 0 saturated carbocycles. The second-order valence-electron chi connectivity index (χ2n) is 10.9. The molecule has 1 aliphatic rings. The van der Waals surface area contributed by atoms with Gasteiger partial charge in [0.2, 0.25) is 5.91 Å². The van der Waals surface area contributed by atoms with Gasteiger partial charge in [-0.15, -0.1) is 11.3 Å². The Bertz CT molecular complexity index is 1530. The molecule has 1 atom stereocenters. The van der Waals surface area contributed by atoms with Gasteiger partial charge in [-0.25, -0.2) is 14.8 Å². The molecule has 0 bridgehead atoms. The molecule has 0 spiro atoms. The molecule has 0 aliphatic carbocycles. The van der Waals surface area contributed by atoms with E-state index in [-0.39, 0.29) is 34.4 Å². The van der Waals surface area contributed by atoms with Crippen LogP contribution >= 0.6 is 11.3 Å². The van der Waals surface area contributed by atoms with E-state index in [1.54, 1.807) is 25.1 Å². The highest BCUT2D eigenvalue weighted by atomic mass is 32.1. The van der Waals surface area contributed by atoms with Crippen molar-refractivity contribution < 1.29 is 19.1 Å². The number of fused-ring (bicyclic) bond motifs is 1. The summed E-state index contributed by atoms with van der Waals surface area (Å²) in [5.74, 6) is -0.899. The van der Waals surface area contributed by atoms with E-state index in [0.29, 0.717) is 29.6 Å². The smallest absolute Gasteiger partial charge is 0.330 e. The normalized spacial score (nSPS) is 15.8. The van der Waals surface area contributed by atoms with Crippen molar-refractivity contribution in [2.24, 2.45) is 5.92 Å². The molecular weight excluding hydrogens is 532 g/mol. The van der Waals surface area contributed by atoms with Crippen molar-refractivity contribution in [2.45, 2.75) is 39.0 Å². The van der Waals surface area contributed by atoms with Crippen LogP contribution in [0.4, 0.5) is 10.9 Å². The molecule has 12 heteroatoms. The predicted molar refractivity (Wildman–Crippen MR) is 155 cm³/mol. The summed E-state index contributed by atoms with van der Waals surface area (Å²) in [4.78, 5) is 63.9. The van der Waals surface area contributed by atoms with E-state index in [1.807, 2.05) is 31.1 Å². The maximum absolute atomic E-state index is 13.6. The summed E-state index contributed by atoms with van der Waals surface area (Å²) in [6.07, 6.45) is 5.50. The SMILES string of the molecule is COC(=O)C=Cc1c(N2CCCC(C(=O)N(C)C)C2)nc2cc(C(=O)Nc3nc(C(C)(C)C)cs3)ccn2c1=O. The Morgan fingerprint density at radius 3 is 2.62 bits per heavy atom. The first-order valence-electron chi connectivity index (χ1n) is 12.9. The lowest BCUT2D eigenvalue weighted by molar-refractivity contribution is -0.135. The van der Waals surface area contributed by atoms with Crippen molar-refractivity contribution in [1.82, 2.24) is 19.3 Å². The first-order chi connectivity index (χ1) is 18.9. The second kappa shape index (κ2) is 11.6. The maximum atomic E-state index is 13.6. The highest BCUT2D eigenvalue weighted by molar-refractivity contribution is 7.14. The molecule has 2 amide bonds. The summed E-state index contributed by atoms with van der Waals surface area (Å²) in [5, 5.41) is 5.22. The van der Waals surface area contributed by atoms with Crippen LogP contribution in [0, 0.1) is 5.92 Å². The summed E-state index contributed by atoms with van der Waals surface area (Å²) in [6.45, 7) is 7.10. The van der Waals surface area contributed by atoms with Crippen LogP contribution in [0.3, 0.4) is 0 Å². The number of rotatable bonds is 6. The topological polar surface area (TPSA) is 126 Å². The van der Waals surface area contributed by atoms with Gasteiger partial charge in [-0.05, 0) is 31.1 Å². The molecule has 0 radical (unpaired) electrons. The standard InChI is InChI=1S/C28H34N6O5S/c1-28(2,3)20-16-40-27(29-20)31-24(36)17-11-13-34-21(14-17)30-23(19(26(34)38)9-10-22(35)39-6)33-12-7-8-18(15-33)25(37)32(4)5/h9-11,13-14,16,18H,7-8,12,15H2,1-6H3,(H,29,31,36). The quantitative estimate of drug-likeness (QED) is 0.356. The van der Waals surface area contributed by atoms with Gasteiger partial charge in [-0.3, -0.25) is 24.1 Å². The van der Waals surface area contributed by atoms with Crippen LogP contribution in [0.2, 0.25) is 0 Å². The number of hydrogen-bond donors (Lipinski definition) is 1. The van der Waals surface area contributed by atoms with Crippen molar-refractivity contribution in [2.75, 3.05) is 44.5 Å². The molecule has 11 nitrogen and oxygen atoms in total. The molecule has 1 fully saturated rings.